The number of nitrogens with one attached hydrogen (secondary N) is 1. The van der Waals surface area contributed by atoms with Crippen molar-refractivity contribution in [1.29, 1.82) is 0 Å². The van der Waals surface area contributed by atoms with Crippen molar-refractivity contribution in [3.8, 4) is 0 Å². The Kier molecular flexibility index (Phi) is 5.16. The van der Waals surface area contributed by atoms with Crippen molar-refractivity contribution in [3.05, 3.63) is 0 Å². The van der Waals surface area contributed by atoms with Crippen molar-refractivity contribution in [3.63, 3.8) is 0 Å². The largest absolute Gasteiger partial charge is 0.355 e. The Morgan fingerprint density at radius 2 is 1.84 bits per heavy atom. The van der Waals surface area contributed by atoms with Crippen molar-refractivity contribution < 1.29 is 4.79 Å². The molecule has 110 valence electrons. The highest BCUT2D eigenvalue weighted by molar-refractivity contribution is 6.18. The molecule has 2 aliphatic rings. The van der Waals surface area contributed by atoms with Crippen LogP contribution in [0.15, 0.2) is 0 Å². The molecule has 1 amide bonds. The summed E-state index contributed by atoms with van der Waals surface area (Å²) < 4.78 is 0. The first-order valence-corrected chi connectivity index (χ1v) is 8.39. The van der Waals surface area contributed by atoms with Gasteiger partial charge in [-0.1, -0.05) is 39.5 Å². The van der Waals surface area contributed by atoms with E-state index in [1.54, 1.807) is 0 Å². The zero-order valence-corrected chi connectivity index (χ0v) is 13.1. The second-order valence-electron chi connectivity index (χ2n) is 7.33. The Bertz CT molecular complexity index is 316. The molecule has 2 nitrogen and oxygen atoms in total. The van der Waals surface area contributed by atoms with Crippen LogP contribution in [-0.4, -0.2) is 18.3 Å². The van der Waals surface area contributed by atoms with E-state index >= 15 is 0 Å². The third-order valence-electron chi connectivity index (χ3n) is 5.01. The Balaban J connectivity index is 1.80. The minimum atomic E-state index is -0.000738. The van der Waals surface area contributed by atoms with Gasteiger partial charge in [-0.25, -0.2) is 0 Å². The van der Waals surface area contributed by atoms with Gasteiger partial charge in [0.1, 0.15) is 0 Å². The van der Waals surface area contributed by atoms with Gasteiger partial charge in [0.15, 0.2) is 0 Å². The molecule has 0 heterocycles. The molecule has 3 unspecified atom stereocenters. The smallest absolute Gasteiger partial charge is 0.223 e. The Hall–Kier alpha value is -0.240. The van der Waals surface area contributed by atoms with Gasteiger partial charge in [0.05, 0.1) is 0 Å². The summed E-state index contributed by atoms with van der Waals surface area (Å²) in [4.78, 5) is 12.3. The Morgan fingerprint density at radius 3 is 2.53 bits per heavy atom. The summed E-state index contributed by atoms with van der Waals surface area (Å²) in [6, 6.07) is 0. The highest BCUT2D eigenvalue weighted by atomic mass is 35.5. The molecule has 0 saturated heterocycles. The SMILES string of the molecule is CC(C)(CCl)CNC(=O)C1CCC2CCCCC2C1. The fraction of sp³-hybridized carbons (Fsp3) is 0.938. The quantitative estimate of drug-likeness (QED) is 0.778. The molecule has 2 fully saturated rings. The molecule has 0 spiro atoms. The molecule has 0 aromatic rings. The maximum absolute atomic E-state index is 12.3. The Labute approximate surface area is 122 Å². The van der Waals surface area contributed by atoms with Crippen LogP contribution < -0.4 is 5.32 Å². The molecule has 2 saturated carbocycles. The molecule has 19 heavy (non-hydrogen) atoms. The first kappa shape index (κ1) is 15.2. The van der Waals surface area contributed by atoms with E-state index < -0.39 is 0 Å². The van der Waals surface area contributed by atoms with E-state index in [9.17, 15) is 4.79 Å². The normalized spacial score (nSPS) is 31.6. The second kappa shape index (κ2) is 6.47. The minimum absolute atomic E-state index is 0.000738. The van der Waals surface area contributed by atoms with Gasteiger partial charge in [-0.05, 0) is 36.5 Å². The van der Waals surface area contributed by atoms with E-state index in [4.69, 9.17) is 11.6 Å². The number of hydrogen-bond acceptors (Lipinski definition) is 1. The first-order chi connectivity index (χ1) is 9.02. The van der Waals surface area contributed by atoms with Crippen LogP contribution in [0.2, 0.25) is 0 Å². The lowest BCUT2D eigenvalue weighted by Gasteiger charge is -2.39. The maximum atomic E-state index is 12.3. The van der Waals surface area contributed by atoms with Gasteiger partial charge in [0, 0.05) is 18.3 Å². The van der Waals surface area contributed by atoms with Crippen LogP contribution in [0.4, 0.5) is 0 Å². The molecule has 0 bridgehead atoms. The van der Waals surface area contributed by atoms with E-state index in [1.165, 1.54) is 32.1 Å². The number of fused-ring (bicyclic) bond motifs is 1. The van der Waals surface area contributed by atoms with E-state index in [1.807, 2.05) is 0 Å². The maximum Gasteiger partial charge on any atom is 0.223 e. The molecule has 0 aliphatic heterocycles. The van der Waals surface area contributed by atoms with Gasteiger partial charge < -0.3 is 5.32 Å². The molecule has 2 rings (SSSR count). The average molecular weight is 286 g/mol. The van der Waals surface area contributed by atoms with Crippen LogP contribution in [0.1, 0.15) is 58.8 Å². The summed E-state index contributed by atoms with van der Waals surface area (Å²) in [5.41, 5.74) is -0.000738. The van der Waals surface area contributed by atoms with Crippen LogP contribution in [0.25, 0.3) is 0 Å². The van der Waals surface area contributed by atoms with Gasteiger partial charge in [0.2, 0.25) is 5.91 Å². The van der Waals surface area contributed by atoms with Crippen LogP contribution in [-0.2, 0) is 4.79 Å². The topological polar surface area (TPSA) is 29.1 Å². The van der Waals surface area contributed by atoms with E-state index in [-0.39, 0.29) is 17.2 Å². The summed E-state index contributed by atoms with van der Waals surface area (Å²) in [6.45, 7) is 4.89. The number of carbonyl (C=O) groups excluding carboxylic acids is 1. The number of halogens is 1. The molecule has 0 aromatic carbocycles. The van der Waals surface area contributed by atoms with Gasteiger partial charge in [-0.15, -0.1) is 11.6 Å². The first-order valence-electron chi connectivity index (χ1n) is 7.85. The van der Waals surface area contributed by atoms with Crippen molar-refractivity contribution in [2.45, 2.75) is 58.8 Å². The zero-order chi connectivity index (χ0) is 13.9. The highest BCUT2D eigenvalue weighted by Crippen LogP contribution is 2.42. The number of hydrogen-bond donors (Lipinski definition) is 1. The van der Waals surface area contributed by atoms with E-state index in [2.05, 4.69) is 19.2 Å². The van der Waals surface area contributed by atoms with Crippen LogP contribution >= 0.6 is 11.6 Å². The monoisotopic (exact) mass is 285 g/mol. The molecule has 1 N–H and O–H groups in total. The van der Waals surface area contributed by atoms with E-state index in [0.29, 0.717) is 12.4 Å². The fourth-order valence-corrected chi connectivity index (χ4v) is 3.72. The molecule has 0 aromatic heterocycles. The predicted octanol–water partition coefficient (Wildman–Crippen LogP) is 3.97. The average Bonchev–Trinajstić information content (AvgIpc) is 2.44. The van der Waals surface area contributed by atoms with Gasteiger partial charge in [-0.3, -0.25) is 4.79 Å². The zero-order valence-electron chi connectivity index (χ0n) is 12.4. The third kappa shape index (κ3) is 4.11. The number of alkyl halides is 1. The molecule has 0 radical (unpaired) electrons. The summed E-state index contributed by atoms with van der Waals surface area (Å²) in [5.74, 6) is 2.84. The van der Waals surface area contributed by atoms with Crippen LogP contribution in [0.5, 0.6) is 0 Å². The van der Waals surface area contributed by atoms with Crippen molar-refractivity contribution in [2.75, 3.05) is 12.4 Å². The third-order valence-corrected chi connectivity index (χ3v) is 5.74. The summed E-state index contributed by atoms with van der Waals surface area (Å²) in [5, 5.41) is 3.12. The molecular weight excluding hydrogens is 258 g/mol. The molecule has 3 atom stereocenters. The van der Waals surface area contributed by atoms with Crippen LogP contribution in [0, 0.1) is 23.2 Å². The lowest BCUT2D eigenvalue weighted by Crippen LogP contribution is -2.41. The minimum Gasteiger partial charge on any atom is -0.355 e. The number of rotatable bonds is 4. The van der Waals surface area contributed by atoms with Gasteiger partial charge in [-0.2, -0.15) is 0 Å². The van der Waals surface area contributed by atoms with Gasteiger partial charge in [0.25, 0.3) is 0 Å². The summed E-state index contributed by atoms with van der Waals surface area (Å²) >= 11 is 5.90. The Morgan fingerprint density at radius 1 is 1.16 bits per heavy atom. The highest BCUT2D eigenvalue weighted by Gasteiger charge is 2.35. The number of carbonyl (C=O) groups is 1. The fourth-order valence-electron chi connectivity index (χ4n) is 3.63. The van der Waals surface area contributed by atoms with Crippen molar-refractivity contribution >= 4 is 17.5 Å². The summed E-state index contributed by atoms with van der Waals surface area (Å²) in [6.07, 6.45) is 9.00. The second-order valence-corrected chi connectivity index (χ2v) is 7.60. The predicted molar refractivity (Wildman–Crippen MR) is 80.3 cm³/mol. The molecular formula is C16H28ClNO. The molecule has 3 heteroatoms. The number of amides is 1. The van der Waals surface area contributed by atoms with Gasteiger partial charge >= 0.3 is 0 Å². The van der Waals surface area contributed by atoms with Crippen LogP contribution in [0.3, 0.4) is 0 Å². The lowest BCUT2D eigenvalue weighted by molar-refractivity contribution is -0.127. The van der Waals surface area contributed by atoms with Crippen molar-refractivity contribution in [2.24, 2.45) is 23.2 Å². The van der Waals surface area contributed by atoms with Crippen molar-refractivity contribution in [1.82, 2.24) is 5.32 Å². The summed E-state index contributed by atoms with van der Waals surface area (Å²) in [7, 11) is 0. The lowest BCUT2D eigenvalue weighted by atomic mass is 9.67. The standard InChI is InChI=1S/C16H28ClNO/c1-16(2,10-17)11-18-15(19)14-8-7-12-5-3-4-6-13(12)9-14/h12-14H,3-11H2,1-2H3,(H,18,19). The molecule has 2 aliphatic carbocycles. The van der Waals surface area contributed by atoms with E-state index in [0.717, 1.165) is 24.7 Å².